The Hall–Kier alpha value is 1.11. The SMILES string of the molecule is O=P(O)(O)[SiH3].[Nb]. The summed E-state index contributed by atoms with van der Waals surface area (Å²) in [5.74, 6) is 0. The van der Waals surface area contributed by atoms with Gasteiger partial charge in [0, 0.05) is 22.4 Å². The molecule has 6 heavy (non-hydrogen) atoms. The number of hydrogen-bond acceptors (Lipinski definition) is 1. The van der Waals surface area contributed by atoms with Crippen LogP contribution in [0.3, 0.4) is 0 Å². The Kier molecular flexibility index (Phi) is 5.34. The minimum atomic E-state index is -3.50. The zero-order valence-corrected chi connectivity index (χ0v) is 8.29. The van der Waals surface area contributed by atoms with E-state index in [0.717, 1.165) is 0 Å². The first-order valence-electron chi connectivity index (χ1n) is 1.03. The molecular formula is H5NbO3PSi. The minimum absolute atomic E-state index is 0. The fourth-order valence-corrected chi connectivity index (χ4v) is 0. The second kappa shape index (κ2) is 3.15. The molecule has 0 aromatic rings. The van der Waals surface area contributed by atoms with E-state index in [2.05, 4.69) is 0 Å². The maximum atomic E-state index is 9.39. The van der Waals surface area contributed by atoms with Gasteiger partial charge in [-0.2, -0.15) is 0 Å². The Balaban J connectivity index is 0. The van der Waals surface area contributed by atoms with Crippen molar-refractivity contribution < 1.29 is 36.7 Å². The van der Waals surface area contributed by atoms with E-state index < -0.39 is 7.14 Å². The number of rotatable bonds is 0. The van der Waals surface area contributed by atoms with Crippen LogP contribution in [-0.2, 0) is 26.9 Å². The molecule has 0 aliphatic rings. The standard InChI is InChI=1S/Nb.H5O3PSi/c;1-4(2,3)5/h;5H3,(H2,1,2,3). The van der Waals surface area contributed by atoms with E-state index in [1.807, 2.05) is 0 Å². The first kappa shape index (κ1) is 10.2. The summed E-state index contributed by atoms with van der Waals surface area (Å²) in [7, 11) is -3.53. The molecule has 0 saturated heterocycles. The Labute approximate surface area is 54.1 Å². The molecular weight excluding hydrogens is 200 g/mol. The van der Waals surface area contributed by atoms with Gasteiger partial charge in [-0.25, -0.2) is 0 Å². The van der Waals surface area contributed by atoms with E-state index in [-0.39, 0.29) is 32.3 Å². The van der Waals surface area contributed by atoms with Crippen LogP contribution in [0.4, 0.5) is 0 Å². The second-order valence-corrected chi connectivity index (χ2v) is 6.00. The molecule has 1 radical (unpaired) electrons. The zero-order valence-electron chi connectivity index (χ0n) is 3.20. The fourth-order valence-electron chi connectivity index (χ4n) is 0. The van der Waals surface area contributed by atoms with E-state index in [9.17, 15) is 4.57 Å². The van der Waals surface area contributed by atoms with Gasteiger partial charge in [-0.3, -0.25) is 4.57 Å². The topological polar surface area (TPSA) is 57.5 Å². The molecule has 0 aliphatic heterocycles. The summed E-state index contributed by atoms with van der Waals surface area (Å²) in [5.41, 5.74) is 0. The Morgan fingerprint density at radius 2 is 1.50 bits per heavy atom. The van der Waals surface area contributed by atoms with Crippen molar-refractivity contribution in [1.29, 1.82) is 0 Å². The van der Waals surface area contributed by atoms with Crippen molar-refractivity contribution >= 4 is 17.1 Å². The van der Waals surface area contributed by atoms with Gasteiger partial charge < -0.3 is 9.79 Å². The van der Waals surface area contributed by atoms with Crippen molar-refractivity contribution in [1.82, 2.24) is 0 Å². The van der Waals surface area contributed by atoms with Crippen molar-refractivity contribution in [2.75, 3.05) is 0 Å². The summed E-state index contributed by atoms with van der Waals surface area (Å²) in [4.78, 5) is 15.4. The molecule has 0 aliphatic carbocycles. The molecule has 0 aromatic carbocycles. The van der Waals surface area contributed by atoms with Crippen LogP contribution in [0.2, 0.25) is 0 Å². The van der Waals surface area contributed by atoms with Crippen LogP contribution >= 0.6 is 7.14 Å². The van der Waals surface area contributed by atoms with Crippen molar-refractivity contribution in [3.05, 3.63) is 0 Å². The third kappa shape index (κ3) is 70.3. The molecule has 37 valence electrons. The maximum absolute atomic E-state index is 9.39. The van der Waals surface area contributed by atoms with Crippen LogP contribution in [0.5, 0.6) is 0 Å². The van der Waals surface area contributed by atoms with Gasteiger partial charge in [-0.1, -0.05) is 0 Å². The smallest absolute Gasteiger partial charge is 0.281 e. The summed E-state index contributed by atoms with van der Waals surface area (Å²) in [5, 5.41) is 0. The van der Waals surface area contributed by atoms with Crippen molar-refractivity contribution in [3.8, 4) is 0 Å². The van der Waals surface area contributed by atoms with Gasteiger partial charge in [0.05, 0.1) is 0 Å². The first-order chi connectivity index (χ1) is 2.00. The van der Waals surface area contributed by atoms with Crippen LogP contribution in [0, 0.1) is 0 Å². The van der Waals surface area contributed by atoms with E-state index in [1.54, 1.807) is 0 Å². The minimum Gasteiger partial charge on any atom is -0.329 e. The van der Waals surface area contributed by atoms with Gasteiger partial charge in [0.1, 0.15) is 9.91 Å². The van der Waals surface area contributed by atoms with E-state index in [1.165, 1.54) is 0 Å². The molecule has 0 amide bonds. The maximum Gasteiger partial charge on any atom is 0.281 e. The molecule has 0 unspecified atom stereocenters. The molecule has 2 N–H and O–H groups in total. The van der Waals surface area contributed by atoms with Gasteiger partial charge in [-0.15, -0.1) is 0 Å². The van der Waals surface area contributed by atoms with Crippen LogP contribution in [0.1, 0.15) is 0 Å². The molecule has 0 saturated carbocycles. The van der Waals surface area contributed by atoms with Crippen LogP contribution < -0.4 is 0 Å². The largest absolute Gasteiger partial charge is 0.329 e. The van der Waals surface area contributed by atoms with Gasteiger partial charge in [0.25, 0.3) is 7.14 Å². The predicted octanol–water partition coefficient (Wildman–Crippen LogP) is -1.56. The fraction of sp³-hybridized carbons (Fsp3) is 0. The van der Waals surface area contributed by atoms with Gasteiger partial charge >= 0.3 is 0 Å². The monoisotopic (exact) mass is 205 g/mol. The Morgan fingerprint density at radius 1 is 1.50 bits per heavy atom. The predicted molar refractivity (Wildman–Crippen MR) is 22.0 cm³/mol. The molecule has 0 fully saturated rings. The molecule has 6 heteroatoms. The van der Waals surface area contributed by atoms with Crippen LogP contribution in [-0.4, -0.2) is 19.7 Å². The molecule has 0 atom stereocenters. The molecule has 0 rings (SSSR count). The molecule has 0 aromatic heterocycles. The Morgan fingerprint density at radius 3 is 1.50 bits per heavy atom. The number of hydrogen-bond donors (Lipinski definition) is 2. The quantitative estimate of drug-likeness (QED) is 0.371. The zero-order chi connectivity index (χ0) is 4.50. The van der Waals surface area contributed by atoms with Crippen molar-refractivity contribution in [3.63, 3.8) is 0 Å². The third-order valence-corrected chi connectivity index (χ3v) is 0. The summed E-state index contributed by atoms with van der Waals surface area (Å²) < 4.78 is 9.39. The summed E-state index contributed by atoms with van der Waals surface area (Å²) in [6, 6.07) is 0. The normalized spacial score (nSPS) is 10.3. The van der Waals surface area contributed by atoms with Gasteiger partial charge in [-0.05, 0) is 0 Å². The average Bonchev–Trinajstić information content (AvgIpc) is 0.722. The molecule has 0 bridgehead atoms. The van der Waals surface area contributed by atoms with Crippen LogP contribution in [0.25, 0.3) is 0 Å². The summed E-state index contributed by atoms with van der Waals surface area (Å²) in [6.45, 7) is 0. The molecule has 3 nitrogen and oxygen atoms in total. The summed E-state index contributed by atoms with van der Waals surface area (Å²) in [6.07, 6.45) is 0. The van der Waals surface area contributed by atoms with Gasteiger partial charge in [0.2, 0.25) is 0 Å². The first-order valence-corrected chi connectivity index (χ1v) is 5.77. The van der Waals surface area contributed by atoms with Crippen molar-refractivity contribution in [2.45, 2.75) is 0 Å². The molecule has 0 heterocycles. The van der Waals surface area contributed by atoms with Crippen molar-refractivity contribution in [2.24, 2.45) is 0 Å². The second-order valence-electron chi connectivity index (χ2n) is 0.835. The van der Waals surface area contributed by atoms with E-state index in [4.69, 9.17) is 9.79 Å². The van der Waals surface area contributed by atoms with E-state index in [0.29, 0.717) is 0 Å². The average molecular weight is 205 g/mol. The summed E-state index contributed by atoms with van der Waals surface area (Å²) >= 11 is 0. The molecule has 0 spiro atoms. The third-order valence-electron chi connectivity index (χ3n) is 0. The van der Waals surface area contributed by atoms with E-state index >= 15 is 0 Å². The Bertz CT molecular complexity index is 56.9. The van der Waals surface area contributed by atoms with Crippen LogP contribution in [0.15, 0.2) is 0 Å². The van der Waals surface area contributed by atoms with Gasteiger partial charge in [0.15, 0.2) is 0 Å².